The zero-order valence-corrected chi connectivity index (χ0v) is 17.5. The van der Waals surface area contributed by atoms with Crippen LogP contribution in [0.5, 0.6) is 0 Å². The van der Waals surface area contributed by atoms with Crippen molar-refractivity contribution in [1.29, 1.82) is 0 Å². The van der Waals surface area contributed by atoms with E-state index in [1.807, 2.05) is 43.3 Å². The maximum absolute atomic E-state index is 13.1. The molecular formula is C21H23N4O3S+. The monoisotopic (exact) mass is 411 g/mol. The summed E-state index contributed by atoms with van der Waals surface area (Å²) in [5, 5.41) is 5.25. The lowest BCUT2D eigenvalue weighted by Gasteiger charge is -2.30. The number of unbranched alkanes of at least 4 members (excludes halogenated alkanes) is 1. The molecule has 0 saturated heterocycles. The first-order valence-corrected chi connectivity index (χ1v) is 10.6. The predicted molar refractivity (Wildman–Crippen MR) is 111 cm³/mol. The number of para-hydroxylation sites is 1. The lowest BCUT2D eigenvalue weighted by molar-refractivity contribution is -0.764. The average Bonchev–Trinajstić information content (AvgIpc) is 3.12. The fourth-order valence-corrected chi connectivity index (χ4v) is 4.48. The summed E-state index contributed by atoms with van der Waals surface area (Å²) in [4.78, 5) is 30.3. The van der Waals surface area contributed by atoms with Gasteiger partial charge in [0.2, 0.25) is 11.1 Å². The number of carbonyl (C=O) groups excluding carboxylic acids is 1. The number of amides is 1. The Bertz CT molecular complexity index is 1120. The van der Waals surface area contributed by atoms with Gasteiger partial charge in [-0.05, 0) is 42.3 Å². The van der Waals surface area contributed by atoms with Gasteiger partial charge in [-0.25, -0.2) is 4.90 Å². The van der Waals surface area contributed by atoms with E-state index in [2.05, 4.69) is 11.9 Å². The number of nitrogens with zero attached hydrogens (tertiary/aromatic N) is 3. The summed E-state index contributed by atoms with van der Waals surface area (Å²) in [6, 6.07) is 11.0. The molecule has 0 fully saturated rings. The normalized spacial score (nSPS) is 15.1. The van der Waals surface area contributed by atoms with Crippen LogP contribution in [0.4, 0.5) is 5.69 Å². The summed E-state index contributed by atoms with van der Waals surface area (Å²) in [5.74, 6) is 1.99. The minimum Gasteiger partial charge on any atom is -0.457 e. The molecule has 1 amide bonds. The van der Waals surface area contributed by atoms with Crippen LogP contribution in [0.3, 0.4) is 0 Å². The Kier molecular flexibility index (Phi) is 5.27. The van der Waals surface area contributed by atoms with Crippen LogP contribution in [0, 0.1) is 6.92 Å². The fraction of sp³-hybridized carbons (Fsp3) is 0.333. The Morgan fingerprint density at radius 3 is 2.79 bits per heavy atom. The van der Waals surface area contributed by atoms with Crippen LogP contribution in [0.15, 0.2) is 50.8 Å². The topological polar surface area (TPSA) is 83.1 Å². The Morgan fingerprint density at radius 1 is 1.31 bits per heavy atom. The van der Waals surface area contributed by atoms with E-state index in [0.717, 1.165) is 24.4 Å². The van der Waals surface area contributed by atoms with Crippen molar-refractivity contribution in [2.45, 2.75) is 44.9 Å². The molecule has 2 aromatic heterocycles. The van der Waals surface area contributed by atoms with Crippen molar-refractivity contribution in [3.05, 3.63) is 58.3 Å². The average molecular weight is 412 g/mol. The highest BCUT2D eigenvalue weighted by atomic mass is 32.2. The fourth-order valence-electron chi connectivity index (χ4n) is 3.54. The van der Waals surface area contributed by atoms with Gasteiger partial charge in [0.25, 0.3) is 0 Å². The molecule has 3 aromatic rings. The third kappa shape index (κ3) is 3.48. The molecule has 8 heteroatoms. The predicted octanol–water partition coefficient (Wildman–Crippen LogP) is 3.43. The molecule has 0 unspecified atom stereocenters. The molecule has 1 aliphatic heterocycles. The van der Waals surface area contributed by atoms with Crippen LogP contribution >= 0.6 is 11.8 Å². The van der Waals surface area contributed by atoms with Crippen LogP contribution in [0.2, 0.25) is 0 Å². The van der Waals surface area contributed by atoms with E-state index in [1.54, 1.807) is 9.58 Å². The largest absolute Gasteiger partial charge is 0.457 e. The number of aromatic amines is 1. The number of thioether (sulfide) groups is 1. The van der Waals surface area contributed by atoms with Gasteiger partial charge in [-0.2, -0.15) is 0 Å². The highest BCUT2D eigenvalue weighted by molar-refractivity contribution is 7.99. The van der Waals surface area contributed by atoms with Gasteiger partial charge >= 0.3 is 17.4 Å². The van der Waals surface area contributed by atoms with Gasteiger partial charge in [0.15, 0.2) is 5.76 Å². The van der Waals surface area contributed by atoms with E-state index in [0.29, 0.717) is 27.9 Å². The summed E-state index contributed by atoms with van der Waals surface area (Å²) < 4.78 is 7.50. The lowest BCUT2D eigenvalue weighted by atomic mass is 10.0. The molecule has 0 radical (unpaired) electrons. The first kappa shape index (κ1) is 19.4. The summed E-state index contributed by atoms with van der Waals surface area (Å²) in [5.41, 5.74) is 1.51. The molecule has 0 bridgehead atoms. The summed E-state index contributed by atoms with van der Waals surface area (Å²) >= 11 is 1.50. The molecule has 1 atom stereocenters. The molecule has 0 saturated carbocycles. The van der Waals surface area contributed by atoms with Crippen LogP contribution in [-0.2, 0) is 4.79 Å². The summed E-state index contributed by atoms with van der Waals surface area (Å²) in [6.45, 7) is 5.48. The number of hydrogen-bond acceptors (Lipinski definition) is 5. The van der Waals surface area contributed by atoms with Gasteiger partial charge in [-0.1, -0.05) is 37.2 Å². The number of aryl methyl sites for hydroxylation is 1. The molecule has 7 nitrogen and oxygen atoms in total. The number of hydrogen-bond donors (Lipinski definition) is 1. The van der Waals surface area contributed by atoms with Crippen molar-refractivity contribution >= 4 is 23.4 Å². The maximum Gasteiger partial charge on any atom is 0.325 e. The number of carbonyl (C=O) groups is 1. The van der Waals surface area contributed by atoms with Crippen molar-refractivity contribution in [2.24, 2.45) is 0 Å². The van der Waals surface area contributed by atoms with Gasteiger partial charge in [0, 0.05) is 17.8 Å². The third-order valence-electron chi connectivity index (χ3n) is 4.85. The van der Waals surface area contributed by atoms with Gasteiger partial charge in [0.1, 0.15) is 5.76 Å². The van der Waals surface area contributed by atoms with Gasteiger partial charge in [0.05, 0.1) is 11.3 Å². The Hall–Kier alpha value is -2.87. The van der Waals surface area contributed by atoms with E-state index in [9.17, 15) is 9.59 Å². The molecular weight excluding hydrogens is 388 g/mol. The van der Waals surface area contributed by atoms with E-state index in [4.69, 9.17) is 9.52 Å². The third-order valence-corrected chi connectivity index (χ3v) is 5.80. The number of furan rings is 1. The minimum atomic E-state index is -0.668. The van der Waals surface area contributed by atoms with Crippen molar-refractivity contribution in [3.63, 3.8) is 0 Å². The standard InChI is InChI=1S/C21H22N4O3S/c1-4-5-12-29-21-22-19(27)18-15-8-6-7-9-16(15)24(14(3)26)20(25(18)23-21)17-11-10-13(2)28-17/h6-11,20H,4-5,12H2,1-3H3/p+1/t20-/m1/s1. The lowest BCUT2D eigenvalue weighted by Crippen LogP contribution is -2.60. The minimum absolute atomic E-state index is 0.156. The first-order chi connectivity index (χ1) is 14.0. The second kappa shape index (κ2) is 7.87. The van der Waals surface area contributed by atoms with Crippen LogP contribution < -0.4 is 15.1 Å². The SMILES string of the molecule is CCCCSc1n[n+]2c(c(=O)[nH]1)-c1ccccc1N(C(C)=O)[C@H]2c1ccc(C)o1. The number of H-pyrrole nitrogens is 1. The molecule has 1 N–H and O–H groups in total. The second-order valence-corrected chi connectivity index (χ2v) is 8.07. The molecule has 1 aromatic carbocycles. The van der Waals surface area contributed by atoms with Gasteiger partial charge in [-0.3, -0.25) is 14.6 Å². The Labute approximate surface area is 172 Å². The molecule has 0 aliphatic carbocycles. The number of aromatic nitrogens is 3. The van der Waals surface area contributed by atoms with E-state index in [1.165, 1.54) is 18.7 Å². The van der Waals surface area contributed by atoms with Crippen LogP contribution in [-0.4, -0.2) is 21.7 Å². The van der Waals surface area contributed by atoms with E-state index >= 15 is 0 Å². The molecule has 29 heavy (non-hydrogen) atoms. The molecule has 3 heterocycles. The zero-order valence-electron chi connectivity index (χ0n) is 16.6. The Balaban J connectivity index is 1.96. The van der Waals surface area contributed by atoms with Crippen LogP contribution in [0.25, 0.3) is 11.3 Å². The number of rotatable bonds is 5. The van der Waals surface area contributed by atoms with Crippen molar-refractivity contribution < 1.29 is 13.9 Å². The maximum atomic E-state index is 13.1. The summed E-state index contributed by atoms with van der Waals surface area (Å²) in [7, 11) is 0. The van der Waals surface area contributed by atoms with Gasteiger partial charge in [-0.15, -0.1) is 0 Å². The highest BCUT2D eigenvalue weighted by Crippen LogP contribution is 2.37. The molecule has 4 rings (SSSR count). The number of nitrogens with one attached hydrogen (secondary N) is 1. The van der Waals surface area contributed by atoms with E-state index < -0.39 is 6.17 Å². The smallest absolute Gasteiger partial charge is 0.325 e. The van der Waals surface area contributed by atoms with Crippen molar-refractivity contribution in [3.8, 4) is 11.3 Å². The number of benzene rings is 1. The molecule has 150 valence electrons. The first-order valence-electron chi connectivity index (χ1n) is 9.65. The molecule has 0 spiro atoms. The number of anilines is 1. The second-order valence-electron chi connectivity index (χ2n) is 6.98. The summed E-state index contributed by atoms with van der Waals surface area (Å²) in [6.07, 6.45) is 1.42. The quantitative estimate of drug-likeness (QED) is 0.395. The van der Waals surface area contributed by atoms with Crippen molar-refractivity contribution in [1.82, 2.24) is 10.1 Å². The number of fused-ring (bicyclic) bond motifs is 3. The van der Waals surface area contributed by atoms with Crippen LogP contribution in [0.1, 0.15) is 44.4 Å². The van der Waals surface area contributed by atoms with Gasteiger partial charge < -0.3 is 4.42 Å². The molecule has 1 aliphatic rings. The van der Waals surface area contributed by atoms with E-state index in [-0.39, 0.29) is 11.5 Å². The zero-order chi connectivity index (χ0) is 20.5. The highest BCUT2D eigenvalue weighted by Gasteiger charge is 2.46. The Morgan fingerprint density at radius 2 is 2.10 bits per heavy atom. The van der Waals surface area contributed by atoms with Crippen molar-refractivity contribution in [2.75, 3.05) is 10.7 Å².